The van der Waals surface area contributed by atoms with Crippen LogP contribution in [0.15, 0.2) is 0 Å². The number of aliphatic hydroxyl groups excluding tert-OH is 5. The van der Waals surface area contributed by atoms with E-state index < -0.39 is 91.5 Å². The molecule has 2 aliphatic heterocycles. The normalized spacial score (nSPS) is 42.9. The van der Waals surface area contributed by atoms with Gasteiger partial charge in [0.05, 0.1) is 37.4 Å². The zero-order valence-corrected chi connectivity index (χ0v) is 24.2. The van der Waals surface area contributed by atoms with E-state index >= 15 is 0 Å². The van der Waals surface area contributed by atoms with Crippen molar-refractivity contribution in [2.24, 2.45) is 28.7 Å². The Morgan fingerprint density at radius 3 is 2.33 bits per heavy atom. The minimum Gasteiger partial charge on any atom is -0.395 e. The van der Waals surface area contributed by atoms with Gasteiger partial charge < -0.3 is 88.9 Å². The summed E-state index contributed by atoms with van der Waals surface area (Å²) in [6.07, 6.45) is -10.4. The molecule has 14 atom stereocenters. The molecule has 1 aliphatic carbocycles. The second kappa shape index (κ2) is 16.4. The van der Waals surface area contributed by atoms with Crippen LogP contribution in [0.1, 0.15) is 25.7 Å². The van der Waals surface area contributed by atoms with Crippen molar-refractivity contribution in [2.75, 3.05) is 39.4 Å². The van der Waals surface area contributed by atoms with Crippen LogP contribution in [0.5, 0.6) is 0 Å². The van der Waals surface area contributed by atoms with E-state index in [0.29, 0.717) is 12.8 Å². The summed E-state index contributed by atoms with van der Waals surface area (Å²) < 4.78 is 24.0. The van der Waals surface area contributed by atoms with E-state index in [0.717, 1.165) is 0 Å². The van der Waals surface area contributed by atoms with Gasteiger partial charge in [0.25, 0.3) is 0 Å². The van der Waals surface area contributed by atoms with Gasteiger partial charge in [-0.1, -0.05) is 0 Å². The predicted octanol–water partition coefficient (Wildman–Crippen LogP) is -7.45. The van der Waals surface area contributed by atoms with Crippen LogP contribution in [0.3, 0.4) is 0 Å². The highest BCUT2D eigenvalue weighted by atomic mass is 16.7. The first-order chi connectivity index (χ1) is 20.4. The zero-order chi connectivity index (χ0) is 31.9. The summed E-state index contributed by atoms with van der Waals surface area (Å²) >= 11 is 0. The quantitative estimate of drug-likeness (QED) is 0.0797. The molecular weight excluding hydrogens is 574 g/mol. The number of amides is 1. The molecule has 18 nitrogen and oxygen atoms in total. The van der Waals surface area contributed by atoms with Gasteiger partial charge in [-0.3, -0.25) is 4.79 Å². The Morgan fingerprint density at radius 2 is 1.70 bits per heavy atom. The molecule has 2 saturated heterocycles. The van der Waals surface area contributed by atoms with Gasteiger partial charge in [0, 0.05) is 25.7 Å². The van der Waals surface area contributed by atoms with Crippen LogP contribution in [-0.2, 0) is 23.7 Å². The Morgan fingerprint density at radius 1 is 1.00 bits per heavy atom. The summed E-state index contributed by atoms with van der Waals surface area (Å²) in [5.41, 5.74) is 28.0. The van der Waals surface area contributed by atoms with E-state index in [1.807, 2.05) is 0 Å². The number of carbonyl (C=O) groups excluding carboxylic acids is 1. The van der Waals surface area contributed by atoms with Gasteiger partial charge in [0.2, 0.25) is 5.91 Å². The first-order valence-electron chi connectivity index (χ1n) is 14.7. The number of carbonyl (C=O) groups is 1. The van der Waals surface area contributed by atoms with E-state index in [9.17, 15) is 35.4 Å². The summed E-state index contributed by atoms with van der Waals surface area (Å²) in [5, 5.41) is 68.5. The second-order valence-corrected chi connectivity index (χ2v) is 11.5. The molecule has 0 aromatic heterocycles. The third-order valence-electron chi connectivity index (χ3n) is 8.29. The van der Waals surface area contributed by atoms with Crippen LogP contribution in [0.4, 0.5) is 0 Å². The summed E-state index contributed by atoms with van der Waals surface area (Å²) in [4.78, 5) is 12.9. The van der Waals surface area contributed by atoms with Crippen LogP contribution in [0, 0.1) is 0 Å². The van der Waals surface area contributed by atoms with Crippen molar-refractivity contribution in [3.8, 4) is 0 Å². The van der Waals surface area contributed by atoms with E-state index in [1.54, 1.807) is 0 Å². The van der Waals surface area contributed by atoms with Crippen LogP contribution >= 0.6 is 0 Å². The maximum atomic E-state index is 12.9. The fourth-order valence-corrected chi connectivity index (χ4v) is 5.82. The minimum atomic E-state index is -2.12. The maximum Gasteiger partial charge on any atom is 0.249 e. The van der Waals surface area contributed by atoms with E-state index in [4.69, 9.17) is 47.6 Å². The molecule has 0 spiro atoms. The molecule has 0 aromatic carbocycles. The lowest BCUT2D eigenvalue weighted by Crippen LogP contribution is -2.76. The zero-order valence-electron chi connectivity index (χ0n) is 24.2. The molecule has 3 fully saturated rings. The molecular formula is C25H51N7O11. The Balaban J connectivity index is 2.00. The van der Waals surface area contributed by atoms with Crippen molar-refractivity contribution in [1.29, 1.82) is 0 Å². The first-order valence-corrected chi connectivity index (χ1v) is 14.7. The highest BCUT2D eigenvalue weighted by molar-refractivity contribution is 5.80. The number of aliphatic hydroxyl groups is 6. The number of nitrogens with two attached hydrogens (primary N) is 5. The van der Waals surface area contributed by atoms with Crippen LogP contribution < -0.4 is 39.3 Å². The minimum absolute atomic E-state index is 0.0277. The molecule has 1 amide bonds. The molecule has 1 saturated carbocycles. The van der Waals surface area contributed by atoms with E-state index in [-0.39, 0.29) is 51.7 Å². The summed E-state index contributed by atoms with van der Waals surface area (Å²) in [6.45, 7) is -0.961. The van der Waals surface area contributed by atoms with Gasteiger partial charge in [-0.05, 0) is 32.2 Å². The van der Waals surface area contributed by atoms with Crippen LogP contribution in [-0.4, -0.2) is 161 Å². The van der Waals surface area contributed by atoms with Crippen molar-refractivity contribution in [1.82, 2.24) is 10.6 Å². The monoisotopic (exact) mass is 625 g/mol. The van der Waals surface area contributed by atoms with Crippen molar-refractivity contribution in [3.63, 3.8) is 0 Å². The SMILES string of the molecule is NCC[C@H](O)C(=O)N[C@@H]1C[C@H](N)C(O[C@H]2OC(CN)CCC2N)C(O)(CNCCO)[C@H]1O[C@H]1OC(CO)[C@@H](O)[C@H](N)C1O. The summed E-state index contributed by atoms with van der Waals surface area (Å²) in [5.74, 6) is -0.810. The second-order valence-electron chi connectivity index (χ2n) is 11.5. The van der Waals surface area contributed by atoms with Gasteiger partial charge in [-0.15, -0.1) is 0 Å². The fourth-order valence-electron chi connectivity index (χ4n) is 5.82. The number of hydrogen-bond donors (Lipinski definition) is 13. The molecule has 0 bridgehead atoms. The first kappa shape index (κ1) is 36.3. The van der Waals surface area contributed by atoms with Gasteiger partial charge in [-0.25, -0.2) is 0 Å². The molecule has 0 aromatic rings. The highest BCUT2D eigenvalue weighted by Gasteiger charge is 2.59. The third-order valence-corrected chi connectivity index (χ3v) is 8.29. The third kappa shape index (κ3) is 8.55. The topological polar surface area (TPSA) is 330 Å². The Kier molecular flexibility index (Phi) is 13.9. The Bertz CT molecular complexity index is 866. The average Bonchev–Trinajstić information content (AvgIpc) is 2.98. The molecule has 43 heavy (non-hydrogen) atoms. The van der Waals surface area contributed by atoms with E-state index in [2.05, 4.69) is 10.6 Å². The van der Waals surface area contributed by atoms with Crippen molar-refractivity contribution < 1.29 is 54.4 Å². The Labute approximate surface area is 250 Å². The largest absolute Gasteiger partial charge is 0.395 e. The molecule has 18 N–H and O–H groups in total. The van der Waals surface area contributed by atoms with Crippen molar-refractivity contribution in [2.45, 2.75) is 111 Å². The summed E-state index contributed by atoms with van der Waals surface area (Å²) in [7, 11) is 0. The lowest BCUT2D eigenvalue weighted by Gasteiger charge is -2.54. The maximum absolute atomic E-state index is 12.9. The average molecular weight is 626 g/mol. The fraction of sp³-hybridized carbons (Fsp3) is 0.960. The predicted molar refractivity (Wildman–Crippen MR) is 150 cm³/mol. The molecule has 6 unspecified atom stereocenters. The molecule has 0 radical (unpaired) electrons. The van der Waals surface area contributed by atoms with E-state index in [1.165, 1.54) is 0 Å². The smallest absolute Gasteiger partial charge is 0.249 e. The highest BCUT2D eigenvalue weighted by Crippen LogP contribution is 2.37. The van der Waals surface area contributed by atoms with Gasteiger partial charge in [-0.2, -0.15) is 0 Å². The lowest BCUT2D eigenvalue weighted by atomic mass is 9.73. The van der Waals surface area contributed by atoms with Gasteiger partial charge in [0.1, 0.15) is 42.2 Å². The Hall–Kier alpha value is -1.17. The number of hydrogen-bond acceptors (Lipinski definition) is 17. The number of nitrogens with one attached hydrogen (secondary N) is 2. The number of rotatable bonds is 14. The van der Waals surface area contributed by atoms with Crippen LogP contribution in [0.2, 0.25) is 0 Å². The van der Waals surface area contributed by atoms with Crippen molar-refractivity contribution >= 4 is 5.91 Å². The molecule has 252 valence electrons. The molecule has 18 heteroatoms. The molecule has 3 rings (SSSR count). The van der Waals surface area contributed by atoms with Gasteiger partial charge >= 0.3 is 0 Å². The summed E-state index contributed by atoms with van der Waals surface area (Å²) in [6, 6.07) is -3.94. The lowest BCUT2D eigenvalue weighted by molar-refractivity contribution is -0.332. The van der Waals surface area contributed by atoms with Gasteiger partial charge in [0.15, 0.2) is 12.6 Å². The molecule has 3 aliphatic rings. The standard InChI is InChI=1S/C25H51N7O11/c26-4-3-15(35)22(38)32-14-7-13(29)20(42-23-12(28)2-1-11(8-27)40-23)25(39,10-31-5-6-33)21(14)43-24-19(37)17(30)18(36)16(9-34)41-24/h11-21,23-24,31,33-37,39H,1-10,26-30H2,(H,32,38)/t11?,12?,13-,14+,15-,16?,17-,18+,19?,20?,21-,23+,24+,25?/m0/s1. The number of ether oxygens (including phenoxy) is 4. The molecule has 2 heterocycles. The van der Waals surface area contributed by atoms with Crippen LogP contribution in [0.25, 0.3) is 0 Å². The van der Waals surface area contributed by atoms with Crippen molar-refractivity contribution in [3.05, 3.63) is 0 Å².